The maximum atomic E-state index is 5.16. The summed E-state index contributed by atoms with van der Waals surface area (Å²) in [6, 6.07) is 8.37. The second kappa shape index (κ2) is 6.52. The van der Waals surface area contributed by atoms with Crippen LogP contribution in [0.25, 0.3) is 0 Å². The van der Waals surface area contributed by atoms with E-state index < -0.39 is 0 Å². The second-order valence-electron chi connectivity index (χ2n) is 3.47. The summed E-state index contributed by atoms with van der Waals surface area (Å²) < 4.78 is 0. The lowest BCUT2D eigenvalue weighted by atomic mass is 10.1. The number of hydrogen-bond acceptors (Lipinski definition) is 1. The molecule has 1 aromatic rings. The van der Waals surface area contributed by atoms with Crippen molar-refractivity contribution < 1.29 is 0 Å². The molecule has 0 bridgehead atoms. The molecule has 1 rings (SSSR count). The molecule has 84 valence electrons. The van der Waals surface area contributed by atoms with Gasteiger partial charge in [0.25, 0.3) is 0 Å². The van der Waals surface area contributed by atoms with Crippen molar-refractivity contribution in [2.75, 3.05) is 13.6 Å². The van der Waals surface area contributed by atoms with E-state index in [1.807, 2.05) is 0 Å². The molecule has 0 aromatic heterocycles. The molecular formula is C13H17N3. The fraction of sp³-hybridized carbons (Fsp3) is 0.308. The summed E-state index contributed by atoms with van der Waals surface area (Å²) in [4.78, 5) is 4.06. The Morgan fingerprint density at radius 3 is 2.56 bits per heavy atom. The molecule has 0 unspecified atom stereocenters. The minimum Gasteiger partial charge on any atom is -0.352 e. The highest BCUT2D eigenvalue weighted by molar-refractivity contribution is 5.79. The molecule has 0 heterocycles. The van der Waals surface area contributed by atoms with Crippen molar-refractivity contribution in [1.82, 2.24) is 10.6 Å². The zero-order chi connectivity index (χ0) is 11.8. The van der Waals surface area contributed by atoms with Crippen LogP contribution in [0, 0.1) is 19.3 Å². The van der Waals surface area contributed by atoms with Crippen molar-refractivity contribution in [3.05, 3.63) is 35.4 Å². The van der Waals surface area contributed by atoms with Gasteiger partial charge in [-0.15, -0.1) is 6.42 Å². The zero-order valence-corrected chi connectivity index (χ0v) is 9.75. The molecule has 0 amide bonds. The van der Waals surface area contributed by atoms with Gasteiger partial charge >= 0.3 is 0 Å². The molecule has 0 saturated carbocycles. The van der Waals surface area contributed by atoms with Gasteiger partial charge in [0.15, 0.2) is 5.96 Å². The van der Waals surface area contributed by atoms with E-state index in [9.17, 15) is 0 Å². The molecule has 0 saturated heterocycles. The Labute approximate surface area is 97.0 Å². The highest BCUT2D eigenvalue weighted by Crippen LogP contribution is 2.02. The molecular weight excluding hydrogens is 198 g/mol. The number of hydrogen-bond donors (Lipinski definition) is 2. The molecule has 16 heavy (non-hydrogen) atoms. The quantitative estimate of drug-likeness (QED) is 0.453. The van der Waals surface area contributed by atoms with Crippen LogP contribution in [0.2, 0.25) is 0 Å². The Hall–Kier alpha value is -1.95. The van der Waals surface area contributed by atoms with Gasteiger partial charge in [0.05, 0.1) is 6.54 Å². The van der Waals surface area contributed by atoms with Gasteiger partial charge in [0.1, 0.15) is 0 Å². The molecule has 3 nitrogen and oxygen atoms in total. The third kappa shape index (κ3) is 4.05. The number of rotatable bonds is 3. The first-order valence-electron chi connectivity index (χ1n) is 5.20. The molecule has 1 aromatic carbocycles. The van der Waals surface area contributed by atoms with Crippen LogP contribution in [0.3, 0.4) is 0 Å². The van der Waals surface area contributed by atoms with Crippen LogP contribution in [-0.4, -0.2) is 19.6 Å². The van der Waals surface area contributed by atoms with E-state index in [-0.39, 0.29) is 0 Å². The molecule has 0 aliphatic rings. The molecule has 0 spiro atoms. The van der Waals surface area contributed by atoms with Gasteiger partial charge in [0.2, 0.25) is 0 Å². The smallest absolute Gasteiger partial charge is 0.192 e. The van der Waals surface area contributed by atoms with Gasteiger partial charge in [-0.2, -0.15) is 0 Å². The Kier molecular flexibility index (Phi) is 4.94. The average Bonchev–Trinajstić information content (AvgIpc) is 2.32. The summed E-state index contributed by atoms with van der Waals surface area (Å²) in [5.41, 5.74) is 2.48. The predicted octanol–water partition coefficient (Wildman–Crippen LogP) is 1.29. The van der Waals surface area contributed by atoms with E-state index in [0.717, 1.165) is 12.5 Å². The summed E-state index contributed by atoms with van der Waals surface area (Å²) in [7, 11) is 1.72. The molecule has 2 N–H and O–H groups in total. The number of benzene rings is 1. The molecule has 0 fully saturated rings. The fourth-order valence-corrected chi connectivity index (χ4v) is 1.25. The molecule has 0 aliphatic carbocycles. The lowest BCUT2D eigenvalue weighted by Crippen LogP contribution is -2.36. The SMILES string of the molecule is C#CCNC(=NC)NCc1ccc(C)cc1. The molecule has 3 heteroatoms. The first-order valence-corrected chi connectivity index (χ1v) is 5.20. The number of terminal acetylenes is 1. The highest BCUT2D eigenvalue weighted by Gasteiger charge is 1.96. The van der Waals surface area contributed by atoms with Gasteiger partial charge in [-0.3, -0.25) is 4.99 Å². The number of aryl methyl sites for hydroxylation is 1. The topological polar surface area (TPSA) is 36.4 Å². The largest absolute Gasteiger partial charge is 0.352 e. The Morgan fingerprint density at radius 1 is 1.31 bits per heavy atom. The average molecular weight is 215 g/mol. The van der Waals surface area contributed by atoms with Crippen LogP contribution < -0.4 is 10.6 Å². The highest BCUT2D eigenvalue weighted by atomic mass is 15.2. The molecule has 0 radical (unpaired) electrons. The number of guanidine groups is 1. The van der Waals surface area contributed by atoms with Gasteiger partial charge in [0, 0.05) is 13.6 Å². The van der Waals surface area contributed by atoms with Gasteiger partial charge < -0.3 is 10.6 Å². The third-order valence-electron chi connectivity index (χ3n) is 2.16. The van der Waals surface area contributed by atoms with E-state index in [2.05, 4.69) is 52.7 Å². The number of nitrogens with one attached hydrogen (secondary N) is 2. The number of nitrogens with zero attached hydrogens (tertiary/aromatic N) is 1. The maximum Gasteiger partial charge on any atom is 0.192 e. The van der Waals surface area contributed by atoms with E-state index in [1.165, 1.54) is 11.1 Å². The first kappa shape index (κ1) is 12.1. The summed E-state index contributed by atoms with van der Waals surface area (Å²) in [5.74, 6) is 3.23. The lowest BCUT2D eigenvalue weighted by molar-refractivity contribution is 0.851. The minimum atomic E-state index is 0.480. The normalized spacial score (nSPS) is 10.7. The van der Waals surface area contributed by atoms with Gasteiger partial charge in [-0.25, -0.2) is 0 Å². The van der Waals surface area contributed by atoms with Crippen molar-refractivity contribution in [2.45, 2.75) is 13.5 Å². The summed E-state index contributed by atoms with van der Waals surface area (Å²) in [6.45, 7) is 3.29. The first-order chi connectivity index (χ1) is 7.76. The third-order valence-corrected chi connectivity index (χ3v) is 2.16. The van der Waals surface area contributed by atoms with Crippen LogP contribution in [-0.2, 0) is 6.54 Å². The van der Waals surface area contributed by atoms with E-state index in [0.29, 0.717) is 6.54 Å². The van der Waals surface area contributed by atoms with Gasteiger partial charge in [-0.1, -0.05) is 35.7 Å². The van der Waals surface area contributed by atoms with Gasteiger partial charge in [-0.05, 0) is 12.5 Å². The Balaban J connectivity index is 2.44. The lowest BCUT2D eigenvalue weighted by Gasteiger charge is -2.09. The van der Waals surface area contributed by atoms with E-state index in [4.69, 9.17) is 6.42 Å². The van der Waals surface area contributed by atoms with E-state index >= 15 is 0 Å². The van der Waals surface area contributed by atoms with Crippen LogP contribution in [0.4, 0.5) is 0 Å². The molecule has 0 aliphatic heterocycles. The fourth-order valence-electron chi connectivity index (χ4n) is 1.25. The summed E-state index contributed by atoms with van der Waals surface area (Å²) in [5, 5.41) is 6.19. The van der Waals surface area contributed by atoms with Crippen LogP contribution in [0.1, 0.15) is 11.1 Å². The van der Waals surface area contributed by atoms with Crippen molar-refractivity contribution in [3.63, 3.8) is 0 Å². The second-order valence-corrected chi connectivity index (χ2v) is 3.47. The Bertz CT molecular complexity index is 385. The maximum absolute atomic E-state index is 5.16. The molecule has 0 atom stereocenters. The van der Waals surface area contributed by atoms with Crippen molar-refractivity contribution in [2.24, 2.45) is 4.99 Å². The minimum absolute atomic E-state index is 0.480. The van der Waals surface area contributed by atoms with Crippen LogP contribution in [0.5, 0.6) is 0 Å². The summed E-state index contributed by atoms with van der Waals surface area (Å²) >= 11 is 0. The van der Waals surface area contributed by atoms with Crippen molar-refractivity contribution in [3.8, 4) is 12.3 Å². The van der Waals surface area contributed by atoms with Crippen molar-refractivity contribution in [1.29, 1.82) is 0 Å². The van der Waals surface area contributed by atoms with Crippen molar-refractivity contribution >= 4 is 5.96 Å². The van der Waals surface area contributed by atoms with Crippen LogP contribution >= 0.6 is 0 Å². The monoisotopic (exact) mass is 215 g/mol. The zero-order valence-electron chi connectivity index (χ0n) is 9.75. The van der Waals surface area contributed by atoms with Crippen LogP contribution in [0.15, 0.2) is 29.3 Å². The standard InChI is InChI=1S/C13H17N3/c1-4-9-15-13(14-3)16-10-12-7-5-11(2)6-8-12/h1,5-8H,9-10H2,2-3H3,(H2,14,15,16). The van der Waals surface area contributed by atoms with E-state index in [1.54, 1.807) is 7.05 Å². The summed E-state index contributed by atoms with van der Waals surface area (Å²) in [6.07, 6.45) is 5.16. The number of aliphatic imine (C=N–C) groups is 1. The predicted molar refractivity (Wildman–Crippen MR) is 68.2 cm³/mol. The Morgan fingerprint density at radius 2 is 2.00 bits per heavy atom.